The first kappa shape index (κ1) is 11.9. The minimum Gasteiger partial charge on any atom is -0.314 e. The summed E-state index contributed by atoms with van der Waals surface area (Å²) in [7, 11) is -3.30. The number of hydrogen-bond donors (Lipinski definition) is 1. The Morgan fingerprint density at radius 1 is 1.32 bits per heavy atom. The fourth-order valence-electron chi connectivity index (χ4n) is 3.49. The van der Waals surface area contributed by atoms with Crippen LogP contribution in [0.3, 0.4) is 0 Å². The Labute approximate surface area is 113 Å². The molecule has 4 nitrogen and oxygen atoms in total. The molecule has 19 heavy (non-hydrogen) atoms. The fraction of sp³-hybridized carbons (Fsp3) is 0.571. The summed E-state index contributed by atoms with van der Waals surface area (Å²) in [4.78, 5) is 0.527. The first-order valence-electron chi connectivity index (χ1n) is 6.98. The molecule has 1 spiro atoms. The minimum atomic E-state index is -3.30. The van der Waals surface area contributed by atoms with Crippen LogP contribution in [0, 0.1) is 5.92 Å². The highest BCUT2D eigenvalue weighted by atomic mass is 32.2. The number of rotatable bonds is 2. The van der Waals surface area contributed by atoms with Crippen molar-refractivity contribution in [1.29, 1.82) is 0 Å². The molecule has 1 N–H and O–H groups in total. The van der Waals surface area contributed by atoms with Gasteiger partial charge in [0.15, 0.2) is 0 Å². The lowest BCUT2D eigenvalue weighted by molar-refractivity contribution is 0.213. The van der Waals surface area contributed by atoms with E-state index in [1.165, 1.54) is 12.8 Å². The van der Waals surface area contributed by atoms with Crippen LogP contribution >= 0.6 is 0 Å². The van der Waals surface area contributed by atoms with E-state index in [4.69, 9.17) is 0 Å². The number of nitrogens with zero attached hydrogens (tertiary/aromatic N) is 1. The molecule has 4 rings (SSSR count). The van der Waals surface area contributed by atoms with E-state index in [9.17, 15) is 8.42 Å². The lowest BCUT2D eigenvalue weighted by atomic mass is 9.89. The third-order valence-corrected chi connectivity index (χ3v) is 6.68. The zero-order valence-corrected chi connectivity index (χ0v) is 11.6. The van der Waals surface area contributed by atoms with Crippen molar-refractivity contribution < 1.29 is 8.42 Å². The molecule has 1 saturated carbocycles. The van der Waals surface area contributed by atoms with Crippen molar-refractivity contribution in [3.8, 4) is 0 Å². The van der Waals surface area contributed by atoms with Gasteiger partial charge in [-0.1, -0.05) is 18.2 Å². The summed E-state index contributed by atoms with van der Waals surface area (Å²) in [6, 6.07) is 7.53. The Morgan fingerprint density at radius 2 is 2.11 bits per heavy atom. The number of sulfonamides is 1. The molecule has 1 aliphatic carbocycles. The van der Waals surface area contributed by atoms with Gasteiger partial charge in [-0.25, -0.2) is 8.42 Å². The van der Waals surface area contributed by atoms with E-state index in [0.717, 1.165) is 25.1 Å². The van der Waals surface area contributed by atoms with E-state index in [2.05, 4.69) is 5.32 Å². The maximum atomic E-state index is 12.8. The van der Waals surface area contributed by atoms with E-state index in [-0.39, 0.29) is 5.54 Å². The SMILES string of the molecule is O=S1(=O)c2ccccc2C2(CCNC2)N1CC1CC1. The maximum absolute atomic E-state index is 12.8. The molecule has 1 saturated heterocycles. The third-order valence-electron chi connectivity index (χ3n) is 4.69. The highest BCUT2D eigenvalue weighted by Gasteiger charge is 2.55. The molecular formula is C14H18N2O2S. The maximum Gasteiger partial charge on any atom is 0.244 e. The lowest BCUT2D eigenvalue weighted by Gasteiger charge is -2.33. The second-order valence-corrected chi connectivity index (χ2v) is 7.76. The molecule has 1 atom stereocenters. The molecule has 1 aromatic rings. The molecule has 102 valence electrons. The molecule has 1 aromatic carbocycles. The molecule has 2 aliphatic heterocycles. The van der Waals surface area contributed by atoms with Crippen LogP contribution in [0.15, 0.2) is 29.2 Å². The van der Waals surface area contributed by atoms with Gasteiger partial charge in [-0.2, -0.15) is 4.31 Å². The molecule has 2 fully saturated rings. The molecule has 0 aromatic heterocycles. The molecule has 0 radical (unpaired) electrons. The Kier molecular flexibility index (Phi) is 2.38. The van der Waals surface area contributed by atoms with Gasteiger partial charge in [0, 0.05) is 13.1 Å². The predicted octanol–water partition coefficient (Wildman–Crippen LogP) is 1.29. The quantitative estimate of drug-likeness (QED) is 0.887. The first-order valence-corrected chi connectivity index (χ1v) is 8.42. The molecule has 1 unspecified atom stereocenters. The summed E-state index contributed by atoms with van der Waals surface area (Å²) < 4.78 is 27.4. The Hall–Kier alpha value is -0.910. The van der Waals surface area contributed by atoms with Crippen molar-refractivity contribution in [1.82, 2.24) is 9.62 Å². The van der Waals surface area contributed by atoms with Crippen molar-refractivity contribution in [2.75, 3.05) is 19.6 Å². The van der Waals surface area contributed by atoms with Crippen LogP contribution < -0.4 is 5.32 Å². The Balaban J connectivity index is 1.90. The third kappa shape index (κ3) is 1.55. The van der Waals surface area contributed by atoms with E-state index in [1.807, 2.05) is 18.2 Å². The van der Waals surface area contributed by atoms with E-state index in [1.54, 1.807) is 10.4 Å². The van der Waals surface area contributed by atoms with Crippen LogP contribution in [0.2, 0.25) is 0 Å². The van der Waals surface area contributed by atoms with Gasteiger partial charge in [0.1, 0.15) is 0 Å². The van der Waals surface area contributed by atoms with Crippen molar-refractivity contribution in [3.05, 3.63) is 29.8 Å². The van der Waals surface area contributed by atoms with Crippen LogP contribution in [0.1, 0.15) is 24.8 Å². The summed E-state index contributed by atoms with van der Waals surface area (Å²) in [6.45, 7) is 2.33. The predicted molar refractivity (Wildman–Crippen MR) is 72.2 cm³/mol. The van der Waals surface area contributed by atoms with Crippen molar-refractivity contribution in [3.63, 3.8) is 0 Å². The standard InChI is InChI=1S/C14H18N2O2S/c17-19(18)13-4-2-1-3-12(13)14(7-8-15-10-14)16(19)9-11-5-6-11/h1-4,11,15H,5-10H2. The van der Waals surface area contributed by atoms with Crippen molar-refractivity contribution >= 4 is 10.0 Å². The zero-order chi connectivity index (χ0) is 13.1. The largest absolute Gasteiger partial charge is 0.314 e. The normalized spacial score (nSPS) is 32.8. The van der Waals surface area contributed by atoms with Crippen LogP contribution in [0.25, 0.3) is 0 Å². The summed E-state index contributed by atoms with van der Waals surface area (Å²) in [5.41, 5.74) is 0.679. The second-order valence-electron chi connectivity index (χ2n) is 5.93. The highest BCUT2D eigenvalue weighted by molar-refractivity contribution is 7.89. The molecule has 3 aliphatic rings. The second kappa shape index (κ2) is 3.81. The monoisotopic (exact) mass is 278 g/mol. The van der Waals surface area contributed by atoms with Gasteiger partial charge in [0.25, 0.3) is 0 Å². The highest BCUT2D eigenvalue weighted by Crippen LogP contribution is 2.49. The van der Waals surface area contributed by atoms with Crippen molar-refractivity contribution in [2.45, 2.75) is 29.7 Å². The summed E-state index contributed by atoms with van der Waals surface area (Å²) in [6.07, 6.45) is 3.23. The molecule has 0 bridgehead atoms. The summed E-state index contributed by atoms with van der Waals surface area (Å²) in [5.74, 6) is 0.571. The molecular weight excluding hydrogens is 260 g/mol. The smallest absolute Gasteiger partial charge is 0.244 e. The average molecular weight is 278 g/mol. The molecule has 0 amide bonds. The Bertz CT molecular complexity index is 616. The topological polar surface area (TPSA) is 49.4 Å². The summed E-state index contributed by atoms with van der Waals surface area (Å²) in [5, 5.41) is 3.35. The summed E-state index contributed by atoms with van der Waals surface area (Å²) >= 11 is 0. The van der Waals surface area contributed by atoms with Crippen LogP contribution in [-0.2, 0) is 15.6 Å². The van der Waals surface area contributed by atoms with Gasteiger partial charge in [0.2, 0.25) is 10.0 Å². The zero-order valence-electron chi connectivity index (χ0n) is 10.8. The van der Waals surface area contributed by atoms with E-state index >= 15 is 0 Å². The number of fused-ring (bicyclic) bond motifs is 2. The first-order chi connectivity index (χ1) is 9.14. The van der Waals surface area contributed by atoms with Gasteiger partial charge in [-0.3, -0.25) is 0 Å². The van der Waals surface area contributed by atoms with Gasteiger partial charge in [-0.05, 0) is 43.4 Å². The van der Waals surface area contributed by atoms with Gasteiger partial charge in [0.05, 0.1) is 10.4 Å². The number of benzene rings is 1. The molecule has 2 heterocycles. The van der Waals surface area contributed by atoms with Crippen LogP contribution in [0.4, 0.5) is 0 Å². The van der Waals surface area contributed by atoms with Gasteiger partial charge in [-0.15, -0.1) is 0 Å². The Morgan fingerprint density at radius 3 is 2.79 bits per heavy atom. The van der Waals surface area contributed by atoms with Gasteiger partial charge >= 0.3 is 0 Å². The van der Waals surface area contributed by atoms with E-state index < -0.39 is 10.0 Å². The molecule has 5 heteroatoms. The number of hydrogen-bond acceptors (Lipinski definition) is 3. The van der Waals surface area contributed by atoms with Crippen LogP contribution in [0.5, 0.6) is 0 Å². The van der Waals surface area contributed by atoms with E-state index in [0.29, 0.717) is 17.4 Å². The van der Waals surface area contributed by atoms with Crippen molar-refractivity contribution in [2.24, 2.45) is 5.92 Å². The average Bonchev–Trinajstić information content (AvgIpc) is 3.07. The minimum absolute atomic E-state index is 0.321. The van der Waals surface area contributed by atoms with Gasteiger partial charge < -0.3 is 5.32 Å². The lowest BCUT2D eigenvalue weighted by Crippen LogP contribution is -2.46. The van der Waals surface area contributed by atoms with Crippen LogP contribution in [-0.4, -0.2) is 32.4 Å². The fourth-order valence-corrected chi connectivity index (χ4v) is 5.63. The number of nitrogens with one attached hydrogen (secondary N) is 1.